The fourth-order valence-electron chi connectivity index (χ4n) is 2.61. The molecule has 1 unspecified atom stereocenters. The summed E-state index contributed by atoms with van der Waals surface area (Å²) in [4.78, 5) is 4.18. The van der Waals surface area contributed by atoms with E-state index in [2.05, 4.69) is 15.5 Å². The van der Waals surface area contributed by atoms with E-state index in [1.54, 1.807) is 6.07 Å². The van der Waals surface area contributed by atoms with E-state index < -0.39 is 0 Å². The summed E-state index contributed by atoms with van der Waals surface area (Å²) in [7, 11) is 0. The fraction of sp³-hybridized carbons (Fsp3) is 0.429. The van der Waals surface area contributed by atoms with Crippen molar-refractivity contribution in [3.05, 3.63) is 41.0 Å². The highest BCUT2D eigenvalue weighted by Gasteiger charge is 2.22. The summed E-state index contributed by atoms with van der Waals surface area (Å²) >= 11 is 0. The first-order valence-electron chi connectivity index (χ1n) is 6.57. The van der Waals surface area contributed by atoms with Gasteiger partial charge in [-0.05, 0) is 43.0 Å². The Kier molecular flexibility index (Phi) is 3.21. The minimum atomic E-state index is 0.348. The maximum absolute atomic E-state index is 9.46. The molecular formula is C14H17N3O2. The highest BCUT2D eigenvalue weighted by Crippen LogP contribution is 2.33. The maximum Gasteiger partial charge on any atom is 0.227 e. The van der Waals surface area contributed by atoms with Crippen LogP contribution in [0.25, 0.3) is 0 Å². The van der Waals surface area contributed by atoms with Gasteiger partial charge in [-0.15, -0.1) is 0 Å². The SMILES string of the molecule is Cc1noc(CCNC2CCc3cc(O)ccc32)n1. The first-order valence-corrected chi connectivity index (χ1v) is 6.57. The van der Waals surface area contributed by atoms with E-state index in [0.29, 0.717) is 23.5 Å². The van der Waals surface area contributed by atoms with Gasteiger partial charge in [0.15, 0.2) is 5.82 Å². The van der Waals surface area contributed by atoms with Gasteiger partial charge in [0.2, 0.25) is 5.89 Å². The fourth-order valence-corrected chi connectivity index (χ4v) is 2.61. The number of benzene rings is 1. The van der Waals surface area contributed by atoms with E-state index in [4.69, 9.17) is 4.52 Å². The molecule has 1 aromatic carbocycles. The Morgan fingerprint density at radius 1 is 1.47 bits per heavy atom. The van der Waals surface area contributed by atoms with Crippen LogP contribution in [0.1, 0.15) is 35.3 Å². The van der Waals surface area contributed by atoms with Crippen LogP contribution in [-0.2, 0) is 12.8 Å². The van der Waals surface area contributed by atoms with Crippen molar-refractivity contribution in [2.75, 3.05) is 6.54 Å². The highest BCUT2D eigenvalue weighted by molar-refractivity contribution is 5.39. The molecule has 2 N–H and O–H groups in total. The quantitative estimate of drug-likeness (QED) is 0.877. The van der Waals surface area contributed by atoms with Gasteiger partial charge in [-0.1, -0.05) is 11.2 Å². The zero-order valence-electron chi connectivity index (χ0n) is 10.9. The van der Waals surface area contributed by atoms with Crippen molar-refractivity contribution in [3.8, 4) is 5.75 Å². The predicted molar refractivity (Wildman–Crippen MR) is 69.9 cm³/mol. The molecule has 0 fully saturated rings. The number of aryl methyl sites for hydroxylation is 2. The monoisotopic (exact) mass is 259 g/mol. The smallest absolute Gasteiger partial charge is 0.227 e. The van der Waals surface area contributed by atoms with Gasteiger partial charge in [0.05, 0.1) is 0 Å². The summed E-state index contributed by atoms with van der Waals surface area (Å²) in [5.41, 5.74) is 2.53. The average Bonchev–Trinajstić information content (AvgIpc) is 2.96. The van der Waals surface area contributed by atoms with Crippen molar-refractivity contribution in [2.24, 2.45) is 0 Å². The Labute approximate surface area is 111 Å². The van der Waals surface area contributed by atoms with Crippen molar-refractivity contribution in [3.63, 3.8) is 0 Å². The molecule has 19 heavy (non-hydrogen) atoms. The third kappa shape index (κ3) is 2.61. The number of hydrogen-bond donors (Lipinski definition) is 2. The van der Waals surface area contributed by atoms with Crippen molar-refractivity contribution < 1.29 is 9.63 Å². The van der Waals surface area contributed by atoms with Gasteiger partial charge in [-0.2, -0.15) is 4.98 Å². The predicted octanol–water partition coefficient (Wildman–Crippen LogP) is 1.90. The third-order valence-corrected chi connectivity index (χ3v) is 3.50. The van der Waals surface area contributed by atoms with Crippen LogP contribution in [0.15, 0.2) is 22.7 Å². The van der Waals surface area contributed by atoms with Gasteiger partial charge in [-0.3, -0.25) is 0 Å². The summed E-state index contributed by atoms with van der Waals surface area (Å²) in [5, 5.41) is 16.7. The van der Waals surface area contributed by atoms with E-state index in [1.807, 2.05) is 19.1 Å². The van der Waals surface area contributed by atoms with Gasteiger partial charge < -0.3 is 14.9 Å². The zero-order valence-corrected chi connectivity index (χ0v) is 10.9. The van der Waals surface area contributed by atoms with Gasteiger partial charge in [-0.25, -0.2) is 0 Å². The molecule has 0 aliphatic heterocycles. The number of hydrogen-bond acceptors (Lipinski definition) is 5. The molecule has 1 aliphatic carbocycles. The van der Waals surface area contributed by atoms with Gasteiger partial charge >= 0.3 is 0 Å². The van der Waals surface area contributed by atoms with Gasteiger partial charge in [0, 0.05) is 19.0 Å². The molecule has 5 heteroatoms. The molecule has 1 aliphatic rings. The molecule has 0 spiro atoms. The molecule has 2 aromatic rings. The van der Waals surface area contributed by atoms with Crippen LogP contribution in [0.3, 0.4) is 0 Å². The van der Waals surface area contributed by atoms with E-state index in [1.165, 1.54) is 11.1 Å². The van der Waals surface area contributed by atoms with Crippen molar-refractivity contribution in [1.82, 2.24) is 15.5 Å². The topological polar surface area (TPSA) is 71.2 Å². The largest absolute Gasteiger partial charge is 0.508 e. The van der Waals surface area contributed by atoms with Crippen molar-refractivity contribution >= 4 is 0 Å². The highest BCUT2D eigenvalue weighted by atomic mass is 16.5. The Hall–Kier alpha value is -1.88. The van der Waals surface area contributed by atoms with Gasteiger partial charge in [0.25, 0.3) is 0 Å². The molecule has 1 heterocycles. The molecular weight excluding hydrogens is 242 g/mol. The Balaban J connectivity index is 1.58. The standard InChI is InChI=1S/C14H17N3O2/c1-9-16-14(19-17-9)6-7-15-13-5-2-10-8-11(18)3-4-12(10)13/h3-4,8,13,15,18H,2,5-7H2,1H3. The molecule has 0 radical (unpaired) electrons. The van der Waals surface area contributed by atoms with Crippen LogP contribution in [0.5, 0.6) is 5.75 Å². The number of fused-ring (bicyclic) bond motifs is 1. The Morgan fingerprint density at radius 2 is 2.37 bits per heavy atom. The summed E-state index contributed by atoms with van der Waals surface area (Å²) in [6, 6.07) is 5.98. The summed E-state index contributed by atoms with van der Waals surface area (Å²) < 4.78 is 5.08. The van der Waals surface area contributed by atoms with Crippen molar-refractivity contribution in [1.29, 1.82) is 0 Å². The van der Waals surface area contributed by atoms with Crippen LogP contribution < -0.4 is 5.32 Å². The lowest BCUT2D eigenvalue weighted by atomic mass is 10.1. The molecule has 5 nitrogen and oxygen atoms in total. The lowest BCUT2D eigenvalue weighted by Crippen LogP contribution is -2.22. The number of phenols is 1. The second-order valence-electron chi connectivity index (χ2n) is 4.91. The van der Waals surface area contributed by atoms with Gasteiger partial charge in [0.1, 0.15) is 5.75 Å². The number of nitrogens with zero attached hydrogens (tertiary/aromatic N) is 2. The molecule has 100 valence electrons. The van der Waals surface area contributed by atoms with Crippen LogP contribution in [0.2, 0.25) is 0 Å². The Bertz CT molecular complexity index is 580. The first kappa shape index (κ1) is 12.2. The lowest BCUT2D eigenvalue weighted by molar-refractivity contribution is 0.369. The second kappa shape index (κ2) is 5.01. The van der Waals surface area contributed by atoms with Crippen molar-refractivity contribution in [2.45, 2.75) is 32.2 Å². The number of phenolic OH excluding ortho intramolecular Hbond substituents is 1. The average molecular weight is 259 g/mol. The molecule has 3 rings (SSSR count). The minimum absolute atomic E-state index is 0.348. The van der Waals surface area contributed by atoms with E-state index in [0.717, 1.165) is 25.8 Å². The van der Waals surface area contributed by atoms with E-state index >= 15 is 0 Å². The van der Waals surface area contributed by atoms with Crippen LogP contribution in [0.4, 0.5) is 0 Å². The summed E-state index contributed by atoms with van der Waals surface area (Å²) in [6.07, 6.45) is 2.83. The Morgan fingerprint density at radius 3 is 3.16 bits per heavy atom. The molecule has 0 saturated heterocycles. The molecule has 0 saturated carbocycles. The lowest BCUT2D eigenvalue weighted by Gasteiger charge is -2.13. The van der Waals surface area contributed by atoms with Crippen LogP contribution >= 0.6 is 0 Å². The van der Waals surface area contributed by atoms with E-state index in [-0.39, 0.29) is 0 Å². The summed E-state index contributed by atoms with van der Waals surface area (Å²) in [5.74, 6) is 1.70. The molecule has 1 atom stereocenters. The molecule has 0 bridgehead atoms. The van der Waals surface area contributed by atoms with E-state index in [9.17, 15) is 5.11 Å². The normalized spacial score (nSPS) is 17.6. The number of aromatic hydroxyl groups is 1. The third-order valence-electron chi connectivity index (χ3n) is 3.50. The molecule has 1 aromatic heterocycles. The second-order valence-corrected chi connectivity index (χ2v) is 4.91. The first-order chi connectivity index (χ1) is 9.22. The molecule has 0 amide bonds. The number of nitrogens with one attached hydrogen (secondary N) is 1. The summed E-state index contributed by atoms with van der Waals surface area (Å²) in [6.45, 7) is 2.63. The zero-order chi connectivity index (χ0) is 13.2. The number of rotatable bonds is 4. The van der Waals surface area contributed by atoms with Crippen LogP contribution in [0, 0.1) is 6.92 Å². The minimum Gasteiger partial charge on any atom is -0.508 e. The van der Waals surface area contributed by atoms with Crippen LogP contribution in [-0.4, -0.2) is 21.8 Å². The maximum atomic E-state index is 9.46. The number of aromatic nitrogens is 2.